The van der Waals surface area contributed by atoms with Crippen LogP contribution < -0.4 is 9.80 Å². The van der Waals surface area contributed by atoms with Crippen molar-refractivity contribution < 1.29 is 8.83 Å². The highest BCUT2D eigenvalue weighted by Crippen LogP contribution is 2.65. The Morgan fingerprint density at radius 3 is 1.20 bits per heavy atom. The number of hydrogen-bond donors (Lipinski definition) is 0. The Morgan fingerprint density at radius 1 is 0.236 bits per heavy atom. The number of benzene rings is 15. The van der Waals surface area contributed by atoms with Crippen LogP contribution in [-0.2, 0) is 5.41 Å². The van der Waals surface area contributed by atoms with Gasteiger partial charge in [-0.05, 0) is 196 Å². The van der Waals surface area contributed by atoms with Crippen molar-refractivity contribution >= 4 is 110 Å². The maximum atomic E-state index is 6.84. The lowest BCUT2D eigenvalue weighted by Crippen LogP contribution is -2.26. The zero-order valence-electron chi connectivity index (χ0n) is 48.2. The summed E-state index contributed by atoms with van der Waals surface area (Å²) in [6, 6.07) is 116. The second kappa shape index (κ2) is 19.1. The molecule has 2 aliphatic rings. The van der Waals surface area contributed by atoms with E-state index >= 15 is 0 Å². The van der Waals surface area contributed by atoms with Gasteiger partial charge in [0.2, 0.25) is 0 Å². The summed E-state index contributed by atoms with van der Waals surface area (Å²) in [6.45, 7) is 0. The van der Waals surface area contributed by atoms with E-state index in [0.29, 0.717) is 0 Å². The minimum absolute atomic E-state index is 0.658. The van der Waals surface area contributed by atoms with Crippen LogP contribution in [0.2, 0.25) is 0 Å². The van der Waals surface area contributed by atoms with Crippen molar-refractivity contribution in [2.75, 3.05) is 9.80 Å². The molecule has 0 amide bonds. The molecule has 0 aliphatic heterocycles. The van der Waals surface area contributed by atoms with E-state index in [9.17, 15) is 0 Å². The summed E-state index contributed by atoms with van der Waals surface area (Å²) in [6.07, 6.45) is 0. The molecule has 4 heteroatoms. The van der Waals surface area contributed by atoms with Crippen LogP contribution in [0, 0.1) is 0 Å². The molecule has 15 aromatic carbocycles. The largest absolute Gasteiger partial charge is 0.454 e. The average Bonchev–Trinajstić information content (AvgIpc) is 1.50. The Hall–Kier alpha value is -11.7. The summed E-state index contributed by atoms with van der Waals surface area (Å²) >= 11 is 0. The van der Waals surface area contributed by atoms with Crippen LogP contribution in [0.5, 0.6) is 0 Å². The van der Waals surface area contributed by atoms with Crippen molar-refractivity contribution in [2.24, 2.45) is 0 Å². The fraction of sp³-hybridized carbons (Fsp3) is 0.0118. The van der Waals surface area contributed by atoms with E-state index in [4.69, 9.17) is 8.83 Å². The van der Waals surface area contributed by atoms with Crippen molar-refractivity contribution in [3.8, 4) is 44.5 Å². The molecule has 0 atom stereocenters. The molecule has 2 aromatic heterocycles. The molecular weight excluding hydrogens is 1080 g/mol. The van der Waals surface area contributed by atoms with E-state index in [1.165, 1.54) is 77.2 Å². The van der Waals surface area contributed by atoms with Crippen molar-refractivity contribution in [2.45, 2.75) is 5.41 Å². The van der Waals surface area contributed by atoms with Crippen LogP contribution in [0.3, 0.4) is 0 Å². The molecule has 0 radical (unpaired) electrons. The first-order valence-corrected chi connectivity index (χ1v) is 30.6. The maximum Gasteiger partial charge on any atom is 0.159 e. The third-order valence-electron chi connectivity index (χ3n) is 19.2. The van der Waals surface area contributed by atoms with Crippen LogP contribution >= 0.6 is 0 Å². The van der Waals surface area contributed by atoms with Crippen LogP contribution in [0.15, 0.2) is 324 Å². The van der Waals surface area contributed by atoms with Gasteiger partial charge in [0.05, 0.1) is 16.8 Å². The van der Waals surface area contributed by atoms with Crippen LogP contribution in [-0.4, -0.2) is 0 Å². The fourth-order valence-corrected chi connectivity index (χ4v) is 15.2. The smallest absolute Gasteiger partial charge is 0.159 e. The van der Waals surface area contributed by atoms with Crippen LogP contribution in [0.25, 0.3) is 121 Å². The van der Waals surface area contributed by atoms with Gasteiger partial charge in [0, 0.05) is 44.3 Å². The highest BCUT2D eigenvalue weighted by molar-refractivity contribution is 6.14. The third kappa shape index (κ3) is 7.35. The van der Waals surface area contributed by atoms with Crippen molar-refractivity contribution in [1.82, 2.24) is 0 Å². The molecule has 2 heterocycles. The Bertz CT molecular complexity index is 5450. The van der Waals surface area contributed by atoms with E-state index < -0.39 is 5.41 Å². The van der Waals surface area contributed by atoms with Crippen LogP contribution in [0.1, 0.15) is 22.3 Å². The van der Waals surface area contributed by atoms with Gasteiger partial charge < -0.3 is 18.6 Å². The molecular formula is C85H52N2O2. The van der Waals surface area contributed by atoms with Gasteiger partial charge in [-0.25, -0.2) is 0 Å². The third-order valence-corrected chi connectivity index (χ3v) is 19.2. The quantitative estimate of drug-likeness (QED) is 0.152. The van der Waals surface area contributed by atoms with Crippen molar-refractivity contribution in [1.29, 1.82) is 0 Å². The monoisotopic (exact) mass is 1130 g/mol. The highest BCUT2D eigenvalue weighted by atomic mass is 16.3. The summed E-state index contributed by atoms with van der Waals surface area (Å²) in [5, 5.41) is 11.5. The number of hydrogen-bond acceptors (Lipinski definition) is 4. The van der Waals surface area contributed by atoms with Gasteiger partial charge >= 0.3 is 0 Å². The molecule has 414 valence electrons. The Kier molecular flexibility index (Phi) is 10.7. The van der Waals surface area contributed by atoms with Gasteiger partial charge in [0.25, 0.3) is 0 Å². The Labute approximate surface area is 513 Å². The lowest BCUT2D eigenvalue weighted by Gasteiger charge is -2.31. The first kappa shape index (κ1) is 49.5. The lowest BCUT2D eigenvalue weighted by molar-refractivity contribution is 0.668. The summed E-state index contributed by atoms with van der Waals surface area (Å²) in [5.41, 5.74) is 23.8. The molecule has 19 rings (SSSR count). The number of para-hydroxylation sites is 4. The van der Waals surface area contributed by atoms with Gasteiger partial charge in [0.1, 0.15) is 11.2 Å². The fourth-order valence-electron chi connectivity index (χ4n) is 15.2. The van der Waals surface area contributed by atoms with Gasteiger partial charge in [-0.3, -0.25) is 0 Å². The number of fused-ring (bicyclic) bond motifs is 20. The molecule has 0 fully saturated rings. The summed E-state index contributed by atoms with van der Waals surface area (Å²) in [5.74, 6) is 0. The van der Waals surface area contributed by atoms with E-state index in [1.54, 1.807) is 0 Å². The van der Waals surface area contributed by atoms with E-state index in [1.807, 2.05) is 12.1 Å². The van der Waals surface area contributed by atoms with Gasteiger partial charge in [-0.1, -0.05) is 218 Å². The van der Waals surface area contributed by atoms with Gasteiger partial charge in [-0.2, -0.15) is 0 Å². The number of furan rings is 2. The minimum Gasteiger partial charge on any atom is -0.454 e. The molecule has 0 N–H and O–H groups in total. The maximum absolute atomic E-state index is 6.84. The number of anilines is 6. The summed E-state index contributed by atoms with van der Waals surface area (Å²) < 4.78 is 13.7. The Balaban J connectivity index is 0.832. The first-order valence-electron chi connectivity index (χ1n) is 30.6. The average molecular weight is 1130 g/mol. The standard InChI is InChI=1S/C85H52N2O2/c1-3-17-53(18-4-1)55-33-40-62(41-34-55)86(78-29-15-26-69-67-23-10-13-31-80(67)88-83(69)78)64-44-37-58-49-72-73-50-59-38-45-65(87(63-42-35-56(36-43-63)54-19-5-2-6-20-54)79-30-16-27-70-68-24-11-14-32-81(68)89-84(70)79)48-61(59)52-77(73)85(76(72)51-60(58)47-64)74-28-12-9-25-71(74)82-66-22-8-7-21-57(66)39-46-75(82)85/h1-52H. The second-order valence-corrected chi connectivity index (χ2v) is 23.9. The highest BCUT2D eigenvalue weighted by Gasteiger charge is 2.52. The topological polar surface area (TPSA) is 32.8 Å². The van der Waals surface area contributed by atoms with Crippen molar-refractivity contribution in [3.05, 3.63) is 338 Å². The zero-order valence-corrected chi connectivity index (χ0v) is 48.2. The summed E-state index contributed by atoms with van der Waals surface area (Å²) in [7, 11) is 0. The van der Waals surface area contributed by atoms with Gasteiger partial charge in [-0.15, -0.1) is 0 Å². The normalized spacial score (nSPS) is 12.8. The predicted molar refractivity (Wildman–Crippen MR) is 370 cm³/mol. The number of rotatable bonds is 8. The molecule has 0 saturated carbocycles. The van der Waals surface area contributed by atoms with Crippen molar-refractivity contribution in [3.63, 3.8) is 0 Å². The van der Waals surface area contributed by atoms with Crippen LogP contribution in [0.4, 0.5) is 34.1 Å². The van der Waals surface area contributed by atoms with Gasteiger partial charge in [0.15, 0.2) is 11.2 Å². The molecule has 4 nitrogen and oxygen atoms in total. The predicted octanol–water partition coefficient (Wildman–Crippen LogP) is 23.6. The molecule has 17 aromatic rings. The zero-order chi connectivity index (χ0) is 58.3. The van der Waals surface area contributed by atoms with E-state index in [0.717, 1.165) is 99.9 Å². The molecule has 0 unspecified atom stereocenters. The summed E-state index contributed by atoms with van der Waals surface area (Å²) in [4.78, 5) is 4.76. The second-order valence-electron chi connectivity index (χ2n) is 23.9. The molecule has 2 aliphatic carbocycles. The number of nitrogens with zero attached hydrogens (tertiary/aromatic N) is 2. The van der Waals surface area contributed by atoms with E-state index in [-0.39, 0.29) is 0 Å². The Morgan fingerprint density at radius 2 is 0.663 bits per heavy atom. The molecule has 89 heavy (non-hydrogen) atoms. The SMILES string of the molecule is c1ccc(-c2ccc(N(c3ccc4cc5c(cc4c3)C3(c4cc6cc(N(c7ccc(-c8ccccc8)cc7)c7cccc8c7oc7ccccc78)ccc6cc4-5)c4ccccc4-c4c3ccc3ccccc43)c3cccc4c3oc3ccccc34)cc2)cc1. The first-order chi connectivity index (χ1) is 44.1. The lowest BCUT2D eigenvalue weighted by atomic mass is 9.70. The van der Waals surface area contributed by atoms with E-state index in [2.05, 4.69) is 313 Å². The molecule has 0 saturated heterocycles. The molecule has 1 spiro atoms. The molecule has 0 bridgehead atoms. The minimum atomic E-state index is -0.658.